The Kier molecular flexibility index (Phi) is 7.77. The van der Waals surface area contributed by atoms with Crippen LogP contribution in [0.15, 0.2) is 77.8 Å². The zero-order chi connectivity index (χ0) is 23.9. The Bertz CT molecular complexity index is 1180. The summed E-state index contributed by atoms with van der Waals surface area (Å²) in [6.07, 6.45) is 0. The lowest BCUT2D eigenvalue weighted by Gasteiger charge is -2.36. The fourth-order valence-electron chi connectivity index (χ4n) is 3.80. The molecule has 176 valence electrons. The highest BCUT2D eigenvalue weighted by atomic mass is 35.5. The molecule has 6 nitrogen and oxygen atoms in total. The number of hydrogen-bond acceptors (Lipinski definition) is 4. The number of aliphatic imine (C=N–C) groups is 1. The fraction of sp³-hybridized carbons (Fsp3) is 0.231. The van der Waals surface area contributed by atoms with Crippen molar-refractivity contribution in [2.45, 2.75) is 6.54 Å². The number of carbonyl (C=O) groups excluding carboxylic acids is 1. The van der Waals surface area contributed by atoms with Crippen molar-refractivity contribution >= 4 is 29.2 Å². The Labute approximate surface area is 203 Å². The van der Waals surface area contributed by atoms with Crippen LogP contribution in [0.3, 0.4) is 0 Å². The number of para-hydroxylation sites is 2. The van der Waals surface area contributed by atoms with E-state index in [0.717, 1.165) is 0 Å². The van der Waals surface area contributed by atoms with E-state index in [1.54, 1.807) is 37.4 Å². The van der Waals surface area contributed by atoms with Crippen LogP contribution in [0.25, 0.3) is 0 Å². The molecule has 3 aromatic carbocycles. The molecule has 0 atom stereocenters. The molecular formula is C26H26ClFN4O2. The van der Waals surface area contributed by atoms with Crippen LogP contribution >= 0.6 is 11.6 Å². The average Bonchev–Trinajstić information content (AvgIpc) is 2.86. The third kappa shape index (κ3) is 5.92. The largest absolute Gasteiger partial charge is 0.494 e. The van der Waals surface area contributed by atoms with Gasteiger partial charge in [-0.05, 0) is 36.4 Å². The monoisotopic (exact) mass is 480 g/mol. The van der Waals surface area contributed by atoms with E-state index < -0.39 is 0 Å². The fourth-order valence-corrected chi connectivity index (χ4v) is 3.99. The second-order valence-electron chi connectivity index (χ2n) is 7.93. The summed E-state index contributed by atoms with van der Waals surface area (Å²) in [5, 5.41) is 3.43. The lowest BCUT2D eigenvalue weighted by molar-refractivity contribution is 0.0967. The van der Waals surface area contributed by atoms with Gasteiger partial charge in [0.15, 0.2) is 0 Å². The SMILES string of the molecule is COc1ccccc1N=C(NC(=O)c1cccc(Cl)c1)N1CCN(Cc2ccccc2F)CC1. The third-order valence-electron chi connectivity index (χ3n) is 5.65. The number of carbonyl (C=O) groups is 1. The first-order chi connectivity index (χ1) is 16.5. The summed E-state index contributed by atoms with van der Waals surface area (Å²) in [5.41, 5.74) is 1.73. The topological polar surface area (TPSA) is 57.2 Å². The van der Waals surface area contributed by atoms with Crippen molar-refractivity contribution in [3.8, 4) is 5.75 Å². The number of benzene rings is 3. The smallest absolute Gasteiger partial charge is 0.258 e. The van der Waals surface area contributed by atoms with Gasteiger partial charge in [-0.2, -0.15) is 0 Å². The highest BCUT2D eigenvalue weighted by Gasteiger charge is 2.23. The molecule has 1 fully saturated rings. The molecule has 1 heterocycles. The Morgan fingerprint density at radius 1 is 1.03 bits per heavy atom. The molecule has 0 aromatic heterocycles. The van der Waals surface area contributed by atoms with E-state index in [9.17, 15) is 9.18 Å². The van der Waals surface area contributed by atoms with Crippen LogP contribution in [-0.4, -0.2) is 55.0 Å². The van der Waals surface area contributed by atoms with Crippen LogP contribution in [0.5, 0.6) is 5.75 Å². The second kappa shape index (κ2) is 11.1. The molecule has 1 aliphatic rings. The molecule has 0 saturated carbocycles. The zero-order valence-corrected chi connectivity index (χ0v) is 19.6. The minimum absolute atomic E-state index is 0.197. The number of halogens is 2. The van der Waals surface area contributed by atoms with Crippen molar-refractivity contribution in [1.29, 1.82) is 0 Å². The Morgan fingerprint density at radius 2 is 1.76 bits per heavy atom. The average molecular weight is 481 g/mol. The van der Waals surface area contributed by atoms with Crippen molar-refractivity contribution in [3.63, 3.8) is 0 Å². The molecule has 34 heavy (non-hydrogen) atoms. The van der Waals surface area contributed by atoms with E-state index in [1.165, 1.54) is 6.07 Å². The van der Waals surface area contributed by atoms with Gasteiger partial charge in [-0.15, -0.1) is 0 Å². The second-order valence-corrected chi connectivity index (χ2v) is 8.36. The number of ether oxygens (including phenoxy) is 1. The molecule has 1 aliphatic heterocycles. The molecular weight excluding hydrogens is 455 g/mol. The van der Waals surface area contributed by atoms with Gasteiger partial charge in [0.05, 0.1) is 7.11 Å². The number of nitrogens with one attached hydrogen (secondary N) is 1. The Morgan fingerprint density at radius 3 is 2.50 bits per heavy atom. The van der Waals surface area contributed by atoms with Gasteiger partial charge >= 0.3 is 0 Å². The first-order valence-corrected chi connectivity index (χ1v) is 11.4. The summed E-state index contributed by atoms with van der Waals surface area (Å²) in [4.78, 5) is 21.9. The number of guanidine groups is 1. The lowest BCUT2D eigenvalue weighted by Crippen LogP contribution is -2.53. The maximum atomic E-state index is 14.1. The molecule has 0 spiro atoms. The minimum atomic E-state index is -0.301. The molecule has 3 aromatic rings. The molecule has 1 N–H and O–H groups in total. The number of rotatable bonds is 5. The quantitative estimate of drug-likeness (QED) is 0.424. The van der Waals surface area contributed by atoms with Crippen LogP contribution in [0, 0.1) is 5.82 Å². The van der Waals surface area contributed by atoms with Gasteiger partial charge in [0.25, 0.3) is 5.91 Å². The van der Waals surface area contributed by atoms with Crippen molar-refractivity contribution in [2.75, 3.05) is 33.3 Å². The summed E-state index contributed by atoms with van der Waals surface area (Å²) >= 11 is 6.07. The number of methoxy groups -OCH3 is 1. The van der Waals surface area contributed by atoms with Gasteiger partial charge < -0.3 is 9.64 Å². The maximum absolute atomic E-state index is 14.1. The Hall–Kier alpha value is -3.42. The van der Waals surface area contributed by atoms with E-state index in [1.807, 2.05) is 41.3 Å². The molecule has 0 radical (unpaired) electrons. The normalized spacial score (nSPS) is 14.7. The molecule has 1 amide bonds. The number of hydrogen-bond donors (Lipinski definition) is 1. The summed E-state index contributed by atoms with van der Waals surface area (Å²) in [7, 11) is 1.58. The van der Waals surface area contributed by atoms with Gasteiger partial charge in [0.1, 0.15) is 17.3 Å². The predicted molar refractivity (Wildman–Crippen MR) is 132 cm³/mol. The van der Waals surface area contributed by atoms with Gasteiger partial charge in [0, 0.05) is 48.9 Å². The van der Waals surface area contributed by atoms with E-state index in [4.69, 9.17) is 21.3 Å². The highest BCUT2D eigenvalue weighted by molar-refractivity contribution is 6.31. The zero-order valence-electron chi connectivity index (χ0n) is 18.9. The summed E-state index contributed by atoms with van der Waals surface area (Å²) in [6, 6.07) is 21.0. The maximum Gasteiger partial charge on any atom is 0.258 e. The van der Waals surface area contributed by atoms with Crippen LogP contribution in [0.1, 0.15) is 15.9 Å². The summed E-state index contributed by atoms with van der Waals surface area (Å²) in [5.74, 6) is 0.539. The van der Waals surface area contributed by atoms with Crippen molar-refractivity contribution in [3.05, 3.63) is 94.8 Å². The van der Waals surface area contributed by atoms with E-state index in [0.29, 0.717) is 66.3 Å². The van der Waals surface area contributed by atoms with Crippen LogP contribution < -0.4 is 10.1 Å². The van der Waals surface area contributed by atoms with Crippen molar-refractivity contribution in [2.24, 2.45) is 4.99 Å². The summed E-state index contributed by atoms with van der Waals surface area (Å²) in [6.45, 7) is 3.18. The van der Waals surface area contributed by atoms with Crippen molar-refractivity contribution in [1.82, 2.24) is 15.1 Å². The predicted octanol–water partition coefficient (Wildman–Crippen LogP) is 4.72. The molecule has 0 bridgehead atoms. The first kappa shape index (κ1) is 23.7. The standard InChI is InChI=1S/C26H26ClFN4O2/c1-34-24-12-5-4-11-23(24)29-26(30-25(33)19-8-6-9-21(27)17-19)32-15-13-31(14-16-32)18-20-7-2-3-10-22(20)28/h2-12,17H,13-16,18H2,1H3,(H,29,30,33). The number of piperazine rings is 1. The Balaban J connectivity index is 1.53. The van der Waals surface area contributed by atoms with Gasteiger partial charge in [-0.1, -0.05) is 48.0 Å². The molecule has 0 aliphatic carbocycles. The van der Waals surface area contributed by atoms with E-state index in [-0.39, 0.29) is 11.7 Å². The minimum Gasteiger partial charge on any atom is -0.494 e. The van der Waals surface area contributed by atoms with Crippen LogP contribution in [0.4, 0.5) is 10.1 Å². The molecule has 8 heteroatoms. The van der Waals surface area contributed by atoms with Gasteiger partial charge in [-0.25, -0.2) is 9.38 Å². The van der Waals surface area contributed by atoms with Gasteiger partial charge in [0.2, 0.25) is 5.96 Å². The lowest BCUT2D eigenvalue weighted by atomic mass is 10.2. The van der Waals surface area contributed by atoms with Gasteiger partial charge in [-0.3, -0.25) is 15.0 Å². The van der Waals surface area contributed by atoms with Crippen LogP contribution in [-0.2, 0) is 6.54 Å². The number of amides is 1. The van der Waals surface area contributed by atoms with E-state index in [2.05, 4.69) is 10.2 Å². The molecule has 1 saturated heterocycles. The first-order valence-electron chi connectivity index (χ1n) is 11.0. The third-order valence-corrected chi connectivity index (χ3v) is 5.88. The molecule has 0 unspecified atom stereocenters. The van der Waals surface area contributed by atoms with E-state index >= 15 is 0 Å². The number of nitrogens with zero attached hydrogens (tertiary/aromatic N) is 3. The summed E-state index contributed by atoms with van der Waals surface area (Å²) < 4.78 is 19.5. The highest BCUT2D eigenvalue weighted by Crippen LogP contribution is 2.27. The van der Waals surface area contributed by atoms with Crippen LogP contribution in [0.2, 0.25) is 5.02 Å². The molecule has 4 rings (SSSR count). The van der Waals surface area contributed by atoms with Crippen molar-refractivity contribution < 1.29 is 13.9 Å².